The number of halogens is 2. The van der Waals surface area contributed by atoms with E-state index in [0.29, 0.717) is 27.8 Å². The number of anilines is 1. The molecule has 2 atom stereocenters. The highest BCUT2D eigenvalue weighted by Crippen LogP contribution is 2.41. The predicted octanol–water partition coefficient (Wildman–Crippen LogP) is 4.67. The highest BCUT2D eigenvalue weighted by molar-refractivity contribution is 6.39. The summed E-state index contributed by atoms with van der Waals surface area (Å²) in [4.78, 5) is 12.5. The summed E-state index contributed by atoms with van der Waals surface area (Å²) < 4.78 is 0. The van der Waals surface area contributed by atoms with Gasteiger partial charge in [0.05, 0.1) is 20.7 Å². The van der Waals surface area contributed by atoms with E-state index >= 15 is 0 Å². The molecule has 0 bridgehead atoms. The average molecular weight is 303 g/mol. The first-order valence-corrected chi connectivity index (χ1v) is 7.09. The minimum absolute atomic E-state index is 0.0731. The van der Waals surface area contributed by atoms with Crippen LogP contribution in [-0.2, 0) is 0 Å². The van der Waals surface area contributed by atoms with Crippen molar-refractivity contribution in [3.63, 3.8) is 0 Å². The third-order valence-electron chi connectivity index (χ3n) is 3.66. The van der Waals surface area contributed by atoms with Crippen molar-refractivity contribution in [3.05, 3.63) is 32.3 Å². The number of nitrogens with zero attached hydrogens (tertiary/aromatic N) is 2. The maximum atomic E-state index is 10.8. The molecule has 0 N–H and O–H groups in total. The number of nitro groups is 1. The number of non-ortho nitro benzene ring substituents is 1. The Morgan fingerprint density at radius 3 is 2.11 bits per heavy atom. The van der Waals surface area contributed by atoms with Crippen LogP contribution in [-0.4, -0.2) is 17.0 Å². The Hall–Kier alpha value is -1.00. The molecule has 0 unspecified atom stereocenters. The molecule has 0 radical (unpaired) electrons. The van der Waals surface area contributed by atoms with E-state index in [4.69, 9.17) is 23.2 Å². The number of nitro benzene ring substituents is 1. The lowest BCUT2D eigenvalue weighted by molar-refractivity contribution is -0.384. The van der Waals surface area contributed by atoms with E-state index in [1.807, 2.05) is 0 Å². The summed E-state index contributed by atoms with van der Waals surface area (Å²) in [7, 11) is 0. The fourth-order valence-electron chi connectivity index (χ4n) is 2.77. The van der Waals surface area contributed by atoms with Gasteiger partial charge in [-0.2, -0.15) is 0 Å². The maximum Gasteiger partial charge on any atom is 0.272 e. The first-order chi connectivity index (χ1) is 8.91. The summed E-state index contributed by atoms with van der Waals surface area (Å²) in [5.74, 6) is 0. The fourth-order valence-corrected chi connectivity index (χ4v) is 3.44. The molecule has 1 aliphatic rings. The van der Waals surface area contributed by atoms with Crippen LogP contribution in [0.4, 0.5) is 11.4 Å². The van der Waals surface area contributed by atoms with Gasteiger partial charge in [-0.05, 0) is 33.1 Å². The molecule has 0 amide bonds. The molecule has 0 aromatic heterocycles. The van der Waals surface area contributed by atoms with Crippen molar-refractivity contribution >= 4 is 34.6 Å². The van der Waals surface area contributed by atoms with Crippen LogP contribution in [0.3, 0.4) is 0 Å². The number of hydrogen-bond donors (Lipinski definition) is 0. The topological polar surface area (TPSA) is 46.4 Å². The van der Waals surface area contributed by atoms with E-state index in [0.717, 1.165) is 12.8 Å². The Labute approximate surface area is 122 Å². The monoisotopic (exact) mass is 302 g/mol. The number of piperidine rings is 1. The first-order valence-electron chi connectivity index (χ1n) is 6.33. The van der Waals surface area contributed by atoms with E-state index in [1.54, 1.807) is 0 Å². The highest BCUT2D eigenvalue weighted by atomic mass is 35.5. The van der Waals surface area contributed by atoms with Crippen molar-refractivity contribution in [1.29, 1.82) is 0 Å². The SMILES string of the molecule is C[C@@H]1CCC[C@@H](C)N1c1c(Cl)cc([N+](=O)[O-])cc1Cl. The molecule has 0 aliphatic carbocycles. The van der Waals surface area contributed by atoms with Gasteiger partial charge in [0.1, 0.15) is 0 Å². The van der Waals surface area contributed by atoms with Gasteiger partial charge in [-0.15, -0.1) is 0 Å². The summed E-state index contributed by atoms with van der Waals surface area (Å²) in [6, 6.07) is 3.41. The maximum absolute atomic E-state index is 10.8. The molecule has 1 aromatic rings. The second kappa shape index (κ2) is 5.55. The van der Waals surface area contributed by atoms with Crippen LogP contribution in [0.25, 0.3) is 0 Å². The first kappa shape index (κ1) is 14.4. The van der Waals surface area contributed by atoms with Crippen molar-refractivity contribution in [2.75, 3.05) is 4.90 Å². The number of rotatable bonds is 2. The van der Waals surface area contributed by atoms with E-state index in [1.165, 1.54) is 18.6 Å². The van der Waals surface area contributed by atoms with E-state index in [-0.39, 0.29) is 5.69 Å². The molecular weight excluding hydrogens is 287 g/mol. The summed E-state index contributed by atoms with van der Waals surface area (Å²) in [6.07, 6.45) is 3.34. The van der Waals surface area contributed by atoms with Gasteiger partial charge in [0, 0.05) is 24.2 Å². The molecule has 1 aromatic carbocycles. The lowest BCUT2D eigenvalue weighted by atomic mass is 9.96. The average Bonchev–Trinajstić information content (AvgIpc) is 2.31. The van der Waals surface area contributed by atoms with Crippen LogP contribution in [0.15, 0.2) is 12.1 Å². The van der Waals surface area contributed by atoms with Gasteiger partial charge in [0.25, 0.3) is 5.69 Å². The Morgan fingerprint density at radius 1 is 1.21 bits per heavy atom. The van der Waals surface area contributed by atoms with Gasteiger partial charge >= 0.3 is 0 Å². The third-order valence-corrected chi connectivity index (χ3v) is 4.24. The summed E-state index contributed by atoms with van der Waals surface area (Å²) in [5.41, 5.74) is 0.643. The van der Waals surface area contributed by atoms with Crippen LogP contribution in [0.1, 0.15) is 33.1 Å². The van der Waals surface area contributed by atoms with Crippen LogP contribution in [0.5, 0.6) is 0 Å². The predicted molar refractivity (Wildman–Crippen MR) is 78.4 cm³/mol. The lowest BCUT2D eigenvalue weighted by Gasteiger charge is -2.41. The summed E-state index contributed by atoms with van der Waals surface area (Å²) >= 11 is 12.4. The summed E-state index contributed by atoms with van der Waals surface area (Å²) in [6.45, 7) is 4.26. The quantitative estimate of drug-likeness (QED) is 0.589. The molecule has 1 saturated heterocycles. The Morgan fingerprint density at radius 2 is 1.68 bits per heavy atom. The molecule has 6 heteroatoms. The van der Waals surface area contributed by atoms with Gasteiger partial charge in [-0.3, -0.25) is 10.1 Å². The van der Waals surface area contributed by atoms with E-state index in [9.17, 15) is 10.1 Å². The standard InChI is InChI=1S/C13H16Cl2N2O2/c1-8-4-3-5-9(2)16(8)13-11(14)6-10(17(18)19)7-12(13)15/h6-9H,3-5H2,1-2H3/t8-,9-/m1/s1. The lowest BCUT2D eigenvalue weighted by Crippen LogP contribution is -2.44. The molecule has 4 nitrogen and oxygen atoms in total. The molecule has 1 aliphatic heterocycles. The van der Waals surface area contributed by atoms with Gasteiger partial charge in [0.2, 0.25) is 0 Å². The van der Waals surface area contributed by atoms with Crippen LogP contribution in [0, 0.1) is 10.1 Å². The third kappa shape index (κ3) is 2.79. The molecule has 104 valence electrons. The van der Waals surface area contributed by atoms with Gasteiger partial charge < -0.3 is 4.90 Å². The van der Waals surface area contributed by atoms with Crippen LogP contribution >= 0.6 is 23.2 Å². The zero-order chi connectivity index (χ0) is 14.2. The Kier molecular flexibility index (Phi) is 4.21. The van der Waals surface area contributed by atoms with Crippen LogP contribution in [0.2, 0.25) is 10.0 Å². The van der Waals surface area contributed by atoms with Gasteiger partial charge in [-0.25, -0.2) is 0 Å². The van der Waals surface area contributed by atoms with Crippen molar-refractivity contribution in [1.82, 2.24) is 0 Å². The Balaban J connectivity index is 2.47. The van der Waals surface area contributed by atoms with Crippen LogP contribution < -0.4 is 4.90 Å². The normalized spacial score (nSPS) is 23.5. The van der Waals surface area contributed by atoms with Gasteiger partial charge in [-0.1, -0.05) is 23.2 Å². The molecule has 1 fully saturated rings. The zero-order valence-corrected chi connectivity index (χ0v) is 12.4. The number of hydrogen-bond acceptors (Lipinski definition) is 3. The van der Waals surface area contributed by atoms with Crippen molar-refractivity contribution in [2.45, 2.75) is 45.2 Å². The minimum atomic E-state index is -0.482. The molecule has 2 rings (SSSR count). The summed E-state index contributed by atoms with van der Waals surface area (Å²) in [5, 5.41) is 11.5. The zero-order valence-electron chi connectivity index (χ0n) is 10.9. The van der Waals surface area contributed by atoms with E-state index in [2.05, 4.69) is 18.7 Å². The molecule has 0 spiro atoms. The second-order valence-corrected chi connectivity index (χ2v) is 5.87. The Bertz CT molecular complexity index is 474. The molecule has 1 heterocycles. The van der Waals surface area contributed by atoms with E-state index < -0.39 is 4.92 Å². The van der Waals surface area contributed by atoms with Crippen molar-refractivity contribution < 1.29 is 4.92 Å². The molecular formula is C13H16Cl2N2O2. The smallest absolute Gasteiger partial charge is 0.272 e. The minimum Gasteiger partial charge on any atom is -0.364 e. The van der Waals surface area contributed by atoms with Gasteiger partial charge in [0.15, 0.2) is 0 Å². The molecule has 19 heavy (non-hydrogen) atoms. The van der Waals surface area contributed by atoms with Crippen molar-refractivity contribution in [2.24, 2.45) is 0 Å². The number of benzene rings is 1. The highest BCUT2D eigenvalue weighted by Gasteiger charge is 2.29. The fraction of sp³-hybridized carbons (Fsp3) is 0.538. The van der Waals surface area contributed by atoms with Crippen molar-refractivity contribution in [3.8, 4) is 0 Å². The second-order valence-electron chi connectivity index (χ2n) is 5.05. The largest absolute Gasteiger partial charge is 0.364 e. The molecule has 0 saturated carbocycles.